The number of likely N-dealkylation sites (tertiary alicyclic amines) is 1. The molecule has 0 aliphatic carbocycles. The van der Waals surface area contributed by atoms with Crippen molar-refractivity contribution >= 4 is 33.2 Å². The van der Waals surface area contributed by atoms with Gasteiger partial charge >= 0.3 is 0 Å². The van der Waals surface area contributed by atoms with E-state index < -0.39 is 22.5 Å². The van der Waals surface area contributed by atoms with E-state index in [2.05, 4.69) is 5.32 Å². The summed E-state index contributed by atoms with van der Waals surface area (Å²) in [6, 6.07) is 22.3. The highest BCUT2D eigenvalue weighted by Gasteiger charge is 2.26. The van der Waals surface area contributed by atoms with E-state index in [1.165, 1.54) is 0 Å². The van der Waals surface area contributed by atoms with Crippen LogP contribution in [0.5, 0.6) is 11.5 Å². The molecule has 1 aliphatic heterocycles. The summed E-state index contributed by atoms with van der Waals surface area (Å²) in [7, 11) is -3.84. The Morgan fingerprint density at radius 2 is 1.54 bits per heavy atom. The molecule has 182 valence electrons. The predicted molar refractivity (Wildman–Crippen MR) is 135 cm³/mol. The molecule has 2 amide bonds. The van der Waals surface area contributed by atoms with E-state index in [9.17, 15) is 18.0 Å². The van der Waals surface area contributed by atoms with Gasteiger partial charge in [-0.05, 0) is 49.2 Å². The fourth-order valence-corrected chi connectivity index (χ4v) is 4.80. The molecule has 0 bridgehead atoms. The van der Waals surface area contributed by atoms with Crippen molar-refractivity contribution < 1.29 is 22.7 Å². The summed E-state index contributed by atoms with van der Waals surface area (Å²) in [6.07, 6.45) is 2.94. The Hall–Kier alpha value is -3.85. The lowest BCUT2D eigenvalue weighted by Crippen LogP contribution is -2.38. The van der Waals surface area contributed by atoms with Gasteiger partial charge in [0.25, 0.3) is 5.91 Å². The number of rotatable bonds is 8. The average molecular weight is 494 g/mol. The number of ether oxygens (including phenoxy) is 1. The van der Waals surface area contributed by atoms with E-state index in [0.29, 0.717) is 35.8 Å². The summed E-state index contributed by atoms with van der Waals surface area (Å²) in [5.74, 6) is 0.0975. The summed E-state index contributed by atoms with van der Waals surface area (Å²) < 4.78 is 32.3. The second-order valence-electron chi connectivity index (χ2n) is 8.25. The molecule has 0 atom stereocenters. The molecule has 1 heterocycles. The zero-order valence-corrected chi connectivity index (χ0v) is 20.2. The van der Waals surface area contributed by atoms with Crippen molar-refractivity contribution in [3.05, 3.63) is 84.4 Å². The van der Waals surface area contributed by atoms with Gasteiger partial charge < -0.3 is 15.0 Å². The van der Waals surface area contributed by atoms with Crippen molar-refractivity contribution in [2.45, 2.75) is 12.8 Å². The fourth-order valence-electron chi connectivity index (χ4n) is 3.94. The maximum Gasteiger partial charge on any atom is 0.255 e. The third-order valence-corrected chi connectivity index (χ3v) is 6.74. The van der Waals surface area contributed by atoms with Crippen LogP contribution in [0.25, 0.3) is 0 Å². The van der Waals surface area contributed by atoms with Gasteiger partial charge in [0, 0.05) is 13.1 Å². The Kier molecular flexibility index (Phi) is 7.36. The number of benzene rings is 3. The molecule has 0 saturated carbocycles. The van der Waals surface area contributed by atoms with Crippen LogP contribution >= 0.6 is 0 Å². The van der Waals surface area contributed by atoms with Crippen LogP contribution in [0.1, 0.15) is 23.2 Å². The highest BCUT2D eigenvalue weighted by atomic mass is 32.2. The first-order chi connectivity index (χ1) is 16.8. The van der Waals surface area contributed by atoms with Crippen molar-refractivity contribution in [1.82, 2.24) is 4.90 Å². The molecule has 0 unspecified atom stereocenters. The monoisotopic (exact) mass is 493 g/mol. The van der Waals surface area contributed by atoms with Crippen LogP contribution in [0.15, 0.2) is 78.9 Å². The van der Waals surface area contributed by atoms with Gasteiger partial charge in [-0.25, -0.2) is 8.42 Å². The van der Waals surface area contributed by atoms with Crippen molar-refractivity contribution in [3.8, 4) is 11.5 Å². The number of sulfonamides is 1. The van der Waals surface area contributed by atoms with Crippen LogP contribution in [-0.4, -0.2) is 51.0 Å². The number of para-hydroxylation sites is 4. The molecule has 3 aromatic carbocycles. The Morgan fingerprint density at radius 3 is 2.26 bits per heavy atom. The van der Waals surface area contributed by atoms with Crippen LogP contribution < -0.4 is 14.4 Å². The third-order valence-electron chi connectivity index (χ3n) is 5.62. The van der Waals surface area contributed by atoms with Gasteiger partial charge in [0.05, 0.1) is 23.2 Å². The topological polar surface area (TPSA) is 96.0 Å². The molecule has 1 fully saturated rings. The quantitative estimate of drug-likeness (QED) is 0.509. The van der Waals surface area contributed by atoms with Crippen LogP contribution in [-0.2, 0) is 14.8 Å². The van der Waals surface area contributed by atoms with Crippen LogP contribution in [0.3, 0.4) is 0 Å². The fraction of sp³-hybridized carbons (Fsp3) is 0.231. The maximum absolute atomic E-state index is 13.0. The molecule has 1 aliphatic rings. The number of nitrogens with one attached hydrogen (secondary N) is 1. The number of anilines is 2. The molecule has 4 rings (SSSR count). The van der Waals surface area contributed by atoms with E-state index in [1.807, 2.05) is 6.07 Å². The number of carbonyl (C=O) groups is 2. The second-order valence-corrected chi connectivity index (χ2v) is 10.2. The Morgan fingerprint density at radius 1 is 0.914 bits per heavy atom. The van der Waals surface area contributed by atoms with Gasteiger partial charge in [-0.1, -0.05) is 42.5 Å². The molecule has 1 saturated heterocycles. The van der Waals surface area contributed by atoms with E-state index in [4.69, 9.17) is 4.74 Å². The molecule has 0 radical (unpaired) electrons. The number of amides is 2. The molecule has 0 aromatic heterocycles. The summed E-state index contributed by atoms with van der Waals surface area (Å²) in [6.45, 7) is 0.878. The molecular formula is C26H27N3O5S. The van der Waals surface area contributed by atoms with Gasteiger partial charge in [-0.2, -0.15) is 0 Å². The SMILES string of the molecule is CS(=O)(=O)N(CC(=O)Nc1ccccc1C(=O)N1CCCC1)c1ccccc1Oc1ccccc1. The molecule has 9 heteroatoms. The van der Waals surface area contributed by atoms with E-state index in [0.717, 1.165) is 23.4 Å². The van der Waals surface area contributed by atoms with Gasteiger partial charge in [0.2, 0.25) is 15.9 Å². The summed E-state index contributed by atoms with van der Waals surface area (Å²) in [5.41, 5.74) is 0.952. The third kappa shape index (κ3) is 5.99. The molecule has 1 N–H and O–H groups in total. The maximum atomic E-state index is 13.0. The van der Waals surface area contributed by atoms with E-state index in [1.54, 1.807) is 77.7 Å². The van der Waals surface area contributed by atoms with E-state index in [-0.39, 0.29) is 11.6 Å². The van der Waals surface area contributed by atoms with Crippen molar-refractivity contribution in [3.63, 3.8) is 0 Å². The molecular weight excluding hydrogens is 466 g/mol. The largest absolute Gasteiger partial charge is 0.455 e. The summed E-state index contributed by atoms with van der Waals surface area (Å²) in [4.78, 5) is 27.7. The minimum Gasteiger partial charge on any atom is -0.455 e. The minimum atomic E-state index is -3.84. The predicted octanol–water partition coefficient (Wildman–Crippen LogP) is 4.12. The van der Waals surface area contributed by atoms with Gasteiger partial charge in [0.15, 0.2) is 5.75 Å². The average Bonchev–Trinajstić information content (AvgIpc) is 3.38. The number of nitrogens with zero attached hydrogens (tertiary/aromatic N) is 2. The van der Waals surface area contributed by atoms with Gasteiger partial charge in [-0.15, -0.1) is 0 Å². The molecule has 3 aromatic rings. The lowest BCUT2D eigenvalue weighted by atomic mass is 10.1. The van der Waals surface area contributed by atoms with Gasteiger partial charge in [-0.3, -0.25) is 13.9 Å². The van der Waals surface area contributed by atoms with Crippen LogP contribution in [0, 0.1) is 0 Å². The Labute approximate surface area is 205 Å². The zero-order chi connectivity index (χ0) is 24.8. The van der Waals surface area contributed by atoms with Gasteiger partial charge in [0.1, 0.15) is 12.3 Å². The number of hydrogen-bond donors (Lipinski definition) is 1. The van der Waals surface area contributed by atoms with Crippen molar-refractivity contribution in [2.24, 2.45) is 0 Å². The van der Waals surface area contributed by atoms with Crippen molar-refractivity contribution in [1.29, 1.82) is 0 Å². The summed E-state index contributed by atoms with van der Waals surface area (Å²) in [5, 5.41) is 2.72. The first-order valence-corrected chi connectivity index (χ1v) is 13.2. The molecule has 0 spiro atoms. The minimum absolute atomic E-state index is 0.153. The lowest BCUT2D eigenvalue weighted by molar-refractivity contribution is -0.114. The highest BCUT2D eigenvalue weighted by Crippen LogP contribution is 2.33. The number of hydrogen-bond acceptors (Lipinski definition) is 5. The molecule has 8 nitrogen and oxygen atoms in total. The van der Waals surface area contributed by atoms with Crippen molar-refractivity contribution in [2.75, 3.05) is 35.5 Å². The Balaban J connectivity index is 1.57. The van der Waals surface area contributed by atoms with Crippen LogP contribution in [0.4, 0.5) is 11.4 Å². The smallest absolute Gasteiger partial charge is 0.255 e. The highest BCUT2D eigenvalue weighted by molar-refractivity contribution is 7.92. The first-order valence-electron chi connectivity index (χ1n) is 11.3. The van der Waals surface area contributed by atoms with Crippen LogP contribution in [0.2, 0.25) is 0 Å². The zero-order valence-electron chi connectivity index (χ0n) is 19.4. The first kappa shape index (κ1) is 24.3. The Bertz CT molecular complexity index is 1310. The normalized spacial score (nSPS) is 13.3. The summed E-state index contributed by atoms with van der Waals surface area (Å²) >= 11 is 0. The molecule has 35 heavy (non-hydrogen) atoms. The van der Waals surface area contributed by atoms with E-state index >= 15 is 0 Å². The number of carbonyl (C=O) groups excluding carboxylic acids is 2. The standard InChI is InChI=1S/C26H27N3O5S/c1-35(32,33)29(23-15-7-8-16-24(23)34-20-11-3-2-4-12-20)19-25(30)27-22-14-6-5-13-21(22)26(31)28-17-9-10-18-28/h2-8,11-16H,9-10,17-19H2,1H3,(H,27,30). The second kappa shape index (κ2) is 10.6. The lowest BCUT2D eigenvalue weighted by Gasteiger charge is -2.24.